The molecule has 72 valence electrons. The first-order valence-corrected chi connectivity index (χ1v) is 4.46. The van der Waals surface area contributed by atoms with E-state index in [4.69, 9.17) is 5.73 Å². The highest BCUT2D eigenvalue weighted by molar-refractivity contribution is 5.22. The van der Waals surface area contributed by atoms with E-state index in [1.54, 1.807) is 0 Å². The highest BCUT2D eigenvalue weighted by atomic mass is 14.6. The maximum absolute atomic E-state index is 5.81. The minimum atomic E-state index is 0.0303. The summed E-state index contributed by atoms with van der Waals surface area (Å²) in [7, 11) is 0. The van der Waals surface area contributed by atoms with Crippen LogP contribution in [-0.4, -0.2) is 6.04 Å². The third kappa shape index (κ3) is 6.12. The van der Waals surface area contributed by atoms with Crippen molar-refractivity contribution in [3.8, 4) is 0 Å². The molecule has 0 aromatic heterocycles. The first kappa shape index (κ1) is 11.9. The summed E-state index contributed by atoms with van der Waals surface area (Å²) in [6, 6.07) is 0.0303. The van der Waals surface area contributed by atoms with Crippen LogP contribution in [0.15, 0.2) is 48.6 Å². The Morgan fingerprint density at radius 2 is 2.00 bits per heavy atom. The minimum absolute atomic E-state index is 0.0303. The Morgan fingerprint density at radius 3 is 2.46 bits per heavy atom. The van der Waals surface area contributed by atoms with Gasteiger partial charge >= 0.3 is 0 Å². The van der Waals surface area contributed by atoms with Gasteiger partial charge in [0.1, 0.15) is 0 Å². The maximum Gasteiger partial charge on any atom is 0.0288 e. The van der Waals surface area contributed by atoms with Crippen LogP contribution in [0, 0.1) is 0 Å². The molecule has 0 aliphatic rings. The van der Waals surface area contributed by atoms with Gasteiger partial charge in [0.25, 0.3) is 0 Å². The molecule has 1 atom stereocenters. The summed E-state index contributed by atoms with van der Waals surface area (Å²) in [5.74, 6) is 0. The molecular formula is C12H19N. The zero-order chi connectivity index (χ0) is 10.3. The van der Waals surface area contributed by atoms with E-state index in [0.29, 0.717) is 0 Å². The number of hydrogen-bond donors (Lipinski definition) is 1. The van der Waals surface area contributed by atoms with Gasteiger partial charge in [-0.3, -0.25) is 0 Å². The van der Waals surface area contributed by atoms with Gasteiger partial charge in [0.05, 0.1) is 0 Å². The van der Waals surface area contributed by atoms with Crippen LogP contribution in [0.1, 0.15) is 20.3 Å². The Balaban J connectivity index is 3.94. The van der Waals surface area contributed by atoms with Crippen LogP contribution in [0.3, 0.4) is 0 Å². The molecule has 0 amide bonds. The van der Waals surface area contributed by atoms with Crippen molar-refractivity contribution in [3.63, 3.8) is 0 Å². The van der Waals surface area contributed by atoms with Crippen molar-refractivity contribution in [2.75, 3.05) is 0 Å². The third-order valence-electron chi connectivity index (χ3n) is 1.75. The Kier molecular flexibility index (Phi) is 5.90. The summed E-state index contributed by atoms with van der Waals surface area (Å²) in [6.07, 6.45) is 8.67. The average Bonchev–Trinajstić information content (AvgIpc) is 2.04. The van der Waals surface area contributed by atoms with E-state index in [9.17, 15) is 0 Å². The van der Waals surface area contributed by atoms with Crippen molar-refractivity contribution in [1.82, 2.24) is 0 Å². The predicted octanol–water partition coefficient (Wildman–Crippen LogP) is 2.97. The molecule has 0 aliphatic carbocycles. The molecule has 0 bridgehead atoms. The van der Waals surface area contributed by atoms with E-state index in [2.05, 4.69) is 13.2 Å². The SMILES string of the molecule is C=C(/C=C\C=C/C)CC(N)C(=C)C. The van der Waals surface area contributed by atoms with Gasteiger partial charge in [-0.05, 0) is 20.3 Å². The van der Waals surface area contributed by atoms with Crippen LogP contribution in [-0.2, 0) is 0 Å². The summed E-state index contributed by atoms with van der Waals surface area (Å²) in [5, 5.41) is 0. The van der Waals surface area contributed by atoms with E-state index in [-0.39, 0.29) is 6.04 Å². The van der Waals surface area contributed by atoms with Crippen LogP contribution >= 0.6 is 0 Å². The van der Waals surface area contributed by atoms with E-state index in [1.807, 2.05) is 38.2 Å². The van der Waals surface area contributed by atoms with E-state index in [1.165, 1.54) is 0 Å². The molecule has 0 heterocycles. The molecule has 0 saturated carbocycles. The predicted molar refractivity (Wildman–Crippen MR) is 60.5 cm³/mol. The van der Waals surface area contributed by atoms with Gasteiger partial charge in [-0.1, -0.05) is 48.6 Å². The lowest BCUT2D eigenvalue weighted by molar-refractivity contribution is 0.771. The molecule has 1 unspecified atom stereocenters. The molecule has 1 heteroatoms. The highest BCUT2D eigenvalue weighted by Gasteiger charge is 2.02. The molecule has 0 aromatic rings. The van der Waals surface area contributed by atoms with Crippen molar-refractivity contribution in [2.45, 2.75) is 26.3 Å². The summed E-state index contributed by atoms with van der Waals surface area (Å²) < 4.78 is 0. The molecular weight excluding hydrogens is 158 g/mol. The van der Waals surface area contributed by atoms with Gasteiger partial charge in [0.2, 0.25) is 0 Å². The minimum Gasteiger partial charge on any atom is -0.324 e. The van der Waals surface area contributed by atoms with Gasteiger partial charge < -0.3 is 5.73 Å². The zero-order valence-electron chi connectivity index (χ0n) is 8.59. The third-order valence-corrected chi connectivity index (χ3v) is 1.75. The summed E-state index contributed by atoms with van der Waals surface area (Å²) in [6.45, 7) is 11.6. The van der Waals surface area contributed by atoms with Gasteiger partial charge in [-0.25, -0.2) is 0 Å². The summed E-state index contributed by atoms with van der Waals surface area (Å²) in [5.41, 5.74) is 7.85. The molecule has 0 aliphatic heterocycles. The Bertz CT molecular complexity index is 234. The number of nitrogens with two attached hydrogens (primary N) is 1. The van der Waals surface area contributed by atoms with Crippen LogP contribution in [0.5, 0.6) is 0 Å². The fourth-order valence-corrected chi connectivity index (χ4v) is 0.827. The average molecular weight is 177 g/mol. The lowest BCUT2D eigenvalue weighted by Gasteiger charge is -2.10. The maximum atomic E-state index is 5.81. The van der Waals surface area contributed by atoms with Crippen molar-refractivity contribution in [2.24, 2.45) is 5.73 Å². The highest BCUT2D eigenvalue weighted by Crippen LogP contribution is 2.08. The Hall–Kier alpha value is -1.08. The lowest BCUT2D eigenvalue weighted by Crippen LogP contribution is -2.20. The fourth-order valence-electron chi connectivity index (χ4n) is 0.827. The molecule has 0 rings (SSSR count). The van der Waals surface area contributed by atoms with Crippen molar-refractivity contribution >= 4 is 0 Å². The Labute approximate surface area is 81.3 Å². The first-order valence-electron chi connectivity index (χ1n) is 4.46. The van der Waals surface area contributed by atoms with E-state index >= 15 is 0 Å². The quantitative estimate of drug-likeness (QED) is 0.507. The number of allylic oxidation sites excluding steroid dienone is 4. The van der Waals surface area contributed by atoms with Crippen LogP contribution in [0.2, 0.25) is 0 Å². The number of rotatable bonds is 5. The van der Waals surface area contributed by atoms with Crippen LogP contribution in [0.25, 0.3) is 0 Å². The monoisotopic (exact) mass is 177 g/mol. The smallest absolute Gasteiger partial charge is 0.0288 e. The first-order chi connectivity index (χ1) is 6.07. The standard InChI is InChI=1S/C12H19N/c1-5-6-7-8-11(4)9-12(13)10(2)3/h5-8,12H,2,4,9,13H2,1,3H3/b6-5-,8-7-. The zero-order valence-corrected chi connectivity index (χ0v) is 8.59. The van der Waals surface area contributed by atoms with Crippen LogP contribution in [0.4, 0.5) is 0 Å². The summed E-state index contributed by atoms with van der Waals surface area (Å²) >= 11 is 0. The molecule has 0 fully saturated rings. The van der Waals surface area contributed by atoms with Gasteiger partial charge in [-0.15, -0.1) is 0 Å². The van der Waals surface area contributed by atoms with Crippen molar-refractivity contribution in [1.29, 1.82) is 0 Å². The molecule has 1 nitrogen and oxygen atoms in total. The van der Waals surface area contributed by atoms with Gasteiger partial charge in [0, 0.05) is 6.04 Å². The second-order valence-corrected chi connectivity index (χ2v) is 3.20. The van der Waals surface area contributed by atoms with E-state index in [0.717, 1.165) is 17.6 Å². The normalized spacial score (nSPS) is 13.8. The molecule has 0 aromatic carbocycles. The fraction of sp³-hybridized carbons (Fsp3) is 0.333. The van der Waals surface area contributed by atoms with Crippen molar-refractivity contribution in [3.05, 3.63) is 48.6 Å². The second kappa shape index (κ2) is 6.44. The molecule has 0 saturated heterocycles. The molecule has 2 N–H and O–H groups in total. The lowest BCUT2D eigenvalue weighted by atomic mass is 10.0. The molecule has 0 spiro atoms. The van der Waals surface area contributed by atoms with E-state index < -0.39 is 0 Å². The molecule has 0 radical (unpaired) electrons. The van der Waals surface area contributed by atoms with Crippen molar-refractivity contribution < 1.29 is 0 Å². The summed E-state index contributed by atoms with van der Waals surface area (Å²) in [4.78, 5) is 0. The van der Waals surface area contributed by atoms with Gasteiger partial charge in [-0.2, -0.15) is 0 Å². The number of hydrogen-bond acceptors (Lipinski definition) is 1. The molecule has 13 heavy (non-hydrogen) atoms. The topological polar surface area (TPSA) is 26.0 Å². The Morgan fingerprint density at radius 1 is 1.38 bits per heavy atom. The van der Waals surface area contributed by atoms with Crippen LogP contribution < -0.4 is 5.73 Å². The second-order valence-electron chi connectivity index (χ2n) is 3.20. The largest absolute Gasteiger partial charge is 0.324 e. The van der Waals surface area contributed by atoms with Gasteiger partial charge in [0.15, 0.2) is 0 Å².